The molecule has 0 atom stereocenters. The highest BCUT2D eigenvalue weighted by Gasteiger charge is 2.05. The minimum atomic E-state index is -0.718. The maximum absolute atomic E-state index is 12.9. The Bertz CT molecular complexity index is 497. The van der Waals surface area contributed by atoms with Gasteiger partial charge in [0.05, 0.1) is 5.69 Å². The fourth-order valence-corrected chi connectivity index (χ4v) is 1.19. The number of nitrogen functional groups attached to an aromatic ring is 1. The molecule has 1 aromatic carbocycles. The molecule has 0 radical (unpaired) electrons. The molecular weight excluding hydrogens is 214 g/mol. The van der Waals surface area contributed by atoms with E-state index in [9.17, 15) is 8.78 Å². The van der Waals surface area contributed by atoms with Gasteiger partial charge in [-0.25, -0.2) is 13.8 Å². The third kappa shape index (κ3) is 2.25. The second-order valence-electron chi connectivity index (χ2n) is 3.10. The van der Waals surface area contributed by atoms with Gasteiger partial charge in [0.25, 0.3) is 0 Å². The number of nitrogens with two attached hydrogens (primary N) is 1. The lowest BCUT2D eigenvalue weighted by Crippen LogP contribution is -1.95. The van der Waals surface area contributed by atoms with Crippen molar-refractivity contribution in [2.75, 3.05) is 5.73 Å². The Kier molecular flexibility index (Phi) is 2.68. The summed E-state index contributed by atoms with van der Waals surface area (Å²) in [7, 11) is 0. The van der Waals surface area contributed by atoms with Gasteiger partial charge in [0, 0.05) is 24.4 Å². The fourth-order valence-electron chi connectivity index (χ4n) is 1.19. The molecule has 16 heavy (non-hydrogen) atoms. The summed E-state index contributed by atoms with van der Waals surface area (Å²) in [5, 5.41) is 0. The maximum atomic E-state index is 12.9. The number of halogens is 2. The number of anilines is 1. The molecule has 1 heterocycles. The number of pyridine rings is 1. The summed E-state index contributed by atoms with van der Waals surface area (Å²) in [5.74, 6) is -1.30. The SMILES string of the molecule is Nc1cccnc1Oc1cc(F)cc(F)c1. The van der Waals surface area contributed by atoms with Crippen LogP contribution in [0.3, 0.4) is 0 Å². The van der Waals surface area contributed by atoms with Crippen LogP contribution in [0.1, 0.15) is 0 Å². The van der Waals surface area contributed by atoms with Gasteiger partial charge >= 0.3 is 0 Å². The highest BCUT2D eigenvalue weighted by Crippen LogP contribution is 2.25. The van der Waals surface area contributed by atoms with Crippen molar-refractivity contribution in [2.24, 2.45) is 0 Å². The van der Waals surface area contributed by atoms with Crippen LogP contribution in [0.15, 0.2) is 36.5 Å². The minimum Gasteiger partial charge on any atom is -0.437 e. The summed E-state index contributed by atoms with van der Waals surface area (Å²) in [6.07, 6.45) is 1.47. The highest BCUT2D eigenvalue weighted by atomic mass is 19.1. The molecule has 0 bridgehead atoms. The van der Waals surface area contributed by atoms with E-state index in [0.717, 1.165) is 18.2 Å². The molecule has 3 nitrogen and oxygen atoms in total. The summed E-state index contributed by atoms with van der Waals surface area (Å²) < 4.78 is 30.9. The van der Waals surface area contributed by atoms with Gasteiger partial charge in [-0.05, 0) is 12.1 Å². The topological polar surface area (TPSA) is 48.1 Å². The van der Waals surface area contributed by atoms with Gasteiger partial charge in [-0.15, -0.1) is 0 Å². The first-order chi connectivity index (χ1) is 7.65. The van der Waals surface area contributed by atoms with Gasteiger partial charge in [0.1, 0.15) is 17.4 Å². The van der Waals surface area contributed by atoms with Crippen LogP contribution in [0.2, 0.25) is 0 Å². The molecule has 5 heteroatoms. The van der Waals surface area contributed by atoms with Crippen LogP contribution in [-0.2, 0) is 0 Å². The lowest BCUT2D eigenvalue weighted by Gasteiger charge is -2.06. The van der Waals surface area contributed by atoms with Crippen molar-refractivity contribution in [1.82, 2.24) is 4.98 Å². The molecule has 2 N–H and O–H groups in total. The predicted octanol–water partition coefficient (Wildman–Crippen LogP) is 2.73. The molecule has 82 valence electrons. The smallest absolute Gasteiger partial charge is 0.242 e. The molecule has 0 unspecified atom stereocenters. The summed E-state index contributed by atoms with van der Waals surface area (Å²) >= 11 is 0. The third-order valence-electron chi connectivity index (χ3n) is 1.85. The van der Waals surface area contributed by atoms with Crippen LogP contribution >= 0.6 is 0 Å². The number of ether oxygens (including phenoxy) is 1. The lowest BCUT2D eigenvalue weighted by atomic mass is 10.3. The summed E-state index contributed by atoms with van der Waals surface area (Å²) in [4.78, 5) is 3.84. The number of aromatic nitrogens is 1. The first-order valence-corrected chi connectivity index (χ1v) is 4.49. The third-order valence-corrected chi connectivity index (χ3v) is 1.85. The van der Waals surface area contributed by atoms with E-state index in [0.29, 0.717) is 5.69 Å². The second kappa shape index (κ2) is 4.14. The Labute approximate surface area is 90.5 Å². The van der Waals surface area contributed by atoms with Crippen molar-refractivity contribution in [3.8, 4) is 11.6 Å². The van der Waals surface area contributed by atoms with Gasteiger partial charge in [0.2, 0.25) is 5.88 Å². The van der Waals surface area contributed by atoms with Crippen LogP contribution in [0.5, 0.6) is 11.6 Å². The van der Waals surface area contributed by atoms with Crippen LogP contribution in [0.4, 0.5) is 14.5 Å². The highest BCUT2D eigenvalue weighted by molar-refractivity contribution is 5.48. The number of rotatable bonds is 2. The van der Waals surface area contributed by atoms with E-state index in [1.807, 2.05) is 0 Å². The first kappa shape index (κ1) is 10.4. The van der Waals surface area contributed by atoms with Crippen molar-refractivity contribution in [1.29, 1.82) is 0 Å². The Morgan fingerprint density at radius 1 is 1.12 bits per heavy atom. The molecule has 0 aliphatic heterocycles. The second-order valence-corrected chi connectivity index (χ2v) is 3.10. The van der Waals surface area contributed by atoms with E-state index in [-0.39, 0.29) is 11.6 Å². The first-order valence-electron chi connectivity index (χ1n) is 4.49. The molecule has 2 rings (SSSR count). The van der Waals surface area contributed by atoms with Crippen molar-refractivity contribution in [3.63, 3.8) is 0 Å². The molecule has 0 spiro atoms. The lowest BCUT2D eigenvalue weighted by molar-refractivity contribution is 0.453. The molecular formula is C11H8F2N2O. The zero-order chi connectivity index (χ0) is 11.5. The van der Waals surface area contributed by atoms with Gasteiger partial charge in [0.15, 0.2) is 0 Å². The Morgan fingerprint density at radius 2 is 1.81 bits per heavy atom. The number of hydrogen-bond acceptors (Lipinski definition) is 3. The maximum Gasteiger partial charge on any atom is 0.242 e. The van der Waals surface area contributed by atoms with E-state index < -0.39 is 11.6 Å². The molecule has 2 aromatic rings. The van der Waals surface area contributed by atoms with Crippen molar-refractivity contribution < 1.29 is 13.5 Å². The van der Waals surface area contributed by atoms with Gasteiger partial charge in [-0.3, -0.25) is 0 Å². The van der Waals surface area contributed by atoms with Crippen molar-refractivity contribution in [3.05, 3.63) is 48.2 Å². The molecule has 0 saturated heterocycles. The standard InChI is InChI=1S/C11H8F2N2O/c12-7-4-8(13)6-9(5-7)16-11-10(14)2-1-3-15-11/h1-6H,14H2. The quantitative estimate of drug-likeness (QED) is 0.849. The zero-order valence-electron chi connectivity index (χ0n) is 8.15. The monoisotopic (exact) mass is 222 g/mol. The summed E-state index contributed by atoms with van der Waals surface area (Å²) in [5.41, 5.74) is 5.87. The largest absolute Gasteiger partial charge is 0.437 e. The molecule has 0 aliphatic carbocycles. The van der Waals surface area contributed by atoms with Gasteiger partial charge in [-0.2, -0.15) is 0 Å². The summed E-state index contributed by atoms with van der Waals surface area (Å²) in [6.45, 7) is 0. The van der Waals surface area contributed by atoms with Gasteiger partial charge in [-0.1, -0.05) is 0 Å². The average molecular weight is 222 g/mol. The van der Waals surface area contributed by atoms with E-state index in [1.54, 1.807) is 12.1 Å². The number of nitrogens with zero attached hydrogens (tertiary/aromatic N) is 1. The number of benzene rings is 1. The predicted molar refractivity (Wildman–Crippen MR) is 55.1 cm³/mol. The van der Waals surface area contributed by atoms with Crippen LogP contribution in [0.25, 0.3) is 0 Å². The molecule has 1 aromatic heterocycles. The van der Waals surface area contributed by atoms with Crippen molar-refractivity contribution in [2.45, 2.75) is 0 Å². The van der Waals surface area contributed by atoms with Crippen molar-refractivity contribution >= 4 is 5.69 Å². The molecule has 0 amide bonds. The average Bonchev–Trinajstić information content (AvgIpc) is 2.20. The van der Waals surface area contributed by atoms with Crippen LogP contribution in [0, 0.1) is 11.6 Å². The molecule has 0 aliphatic rings. The molecule has 0 saturated carbocycles. The fraction of sp³-hybridized carbons (Fsp3) is 0. The Hall–Kier alpha value is -2.17. The van der Waals surface area contributed by atoms with E-state index in [1.165, 1.54) is 6.20 Å². The summed E-state index contributed by atoms with van der Waals surface area (Å²) in [6, 6.07) is 6.08. The van der Waals surface area contributed by atoms with Crippen LogP contribution in [-0.4, -0.2) is 4.98 Å². The normalized spacial score (nSPS) is 10.1. The minimum absolute atomic E-state index is 0.0166. The van der Waals surface area contributed by atoms with E-state index in [4.69, 9.17) is 10.5 Å². The van der Waals surface area contributed by atoms with Gasteiger partial charge < -0.3 is 10.5 Å². The zero-order valence-corrected chi connectivity index (χ0v) is 8.15. The van der Waals surface area contributed by atoms with Crippen LogP contribution < -0.4 is 10.5 Å². The van der Waals surface area contributed by atoms with E-state index in [2.05, 4.69) is 4.98 Å². The Morgan fingerprint density at radius 3 is 2.44 bits per heavy atom. The van der Waals surface area contributed by atoms with E-state index >= 15 is 0 Å². The Balaban J connectivity index is 2.30. The molecule has 0 fully saturated rings. The number of hydrogen-bond donors (Lipinski definition) is 1.